The number of rotatable bonds is 3. The Morgan fingerprint density at radius 3 is 3.06 bits per heavy atom. The van der Waals surface area contributed by atoms with Crippen molar-refractivity contribution in [3.05, 3.63) is 53.2 Å². The third-order valence-electron chi connectivity index (χ3n) is 2.73. The number of anilines is 1. The Kier molecular flexibility index (Phi) is 2.94. The highest BCUT2D eigenvalue weighted by molar-refractivity contribution is 7.13. The van der Waals surface area contributed by atoms with Crippen molar-refractivity contribution < 1.29 is 0 Å². The lowest BCUT2D eigenvalue weighted by atomic mass is 10.1. The number of aryl methyl sites for hydroxylation is 1. The van der Waals surface area contributed by atoms with Crippen LogP contribution in [0.1, 0.15) is 11.3 Å². The van der Waals surface area contributed by atoms with E-state index in [1.165, 1.54) is 10.9 Å². The number of nitrogens with one attached hydrogen (secondary N) is 1. The first-order valence-electron chi connectivity index (χ1n) is 5.81. The van der Waals surface area contributed by atoms with E-state index in [0.29, 0.717) is 0 Å². The smallest absolute Gasteiger partial charge is 0.183 e. The number of fused-ring (bicyclic) bond motifs is 1. The zero-order chi connectivity index (χ0) is 12.4. The van der Waals surface area contributed by atoms with Crippen LogP contribution in [0.2, 0.25) is 0 Å². The molecule has 2 heterocycles. The van der Waals surface area contributed by atoms with E-state index in [9.17, 15) is 0 Å². The molecule has 3 aromatic rings. The average Bonchev–Trinajstić information content (AvgIpc) is 2.82. The van der Waals surface area contributed by atoms with Crippen LogP contribution < -0.4 is 5.32 Å². The maximum absolute atomic E-state index is 4.38. The van der Waals surface area contributed by atoms with E-state index in [2.05, 4.69) is 39.6 Å². The molecule has 0 bridgehead atoms. The van der Waals surface area contributed by atoms with Crippen LogP contribution in [-0.2, 0) is 6.54 Å². The van der Waals surface area contributed by atoms with E-state index in [1.807, 2.05) is 24.6 Å². The molecule has 90 valence electrons. The number of aromatic nitrogens is 2. The molecule has 0 fully saturated rings. The van der Waals surface area contributed by atoms with Crippen molar-refractivity contribution in [3.63, 3.8) is 0 Å². The van der Waals surface area contributed by atoms with Crippen LogP contribution in [0.4, 0.5) is 5.13 Å². The van der Waals surface area contributed by atoms with E-state index in [4.69, 9.17) is 0 Å². The molecular formula is C14H13N3S. The lowest BCUT2D eigenvalue weighted by Crippen LogP contribution is -1.98. The second-order valence-electron chi connectivity index (χ2n) is 4.18. The van der Waals surface area contributed by atoms with Crippen molar-refractivity contribution in [2.75, 3.05) is 5.32 Å². The van der Waals surface area contributed by atoms with Crippen LogP contribution in [0.15, 0.2) is 41.9 Å². The summed E-state index contributed by atoms with van der Waals surface area (Å²) in [5, 5.41) is 7.53. The summed E-state index contributed by atoms with van der Waals surface area (Å²) >= 11 is 1.64. The predicted molar refractivity (Wildman–Crippen MR) is 75.9 cm³/mol. The Labute approximate surface area is 110 Å². The molecule has 0 radical (unpaired) electrons. The van der Waals surface area contributed by atoms with Crippen molar-refractivity contribution in [2.24, 2.45) is 0 Å². The summed E-state index contributed by atoms with van der Waals surface area (Å²) in [6.07, 6.45) is 1.82. The lowest BCUT2D eigenvalue weighted by Gasteiger charge is -2.04. The molecule has 0 amide bonds. The summed E-state index contributed by atoms with van der Waals surface area (Å²) < 4.78 is 0. The second kappa shape index (κ2) is 4.74. The van der Waals surface area contributed by atoms with Crippen LogP contribution in [0.25, 0.3) is 10.9 Å². The molecule has 18 heavy (non-hydrogen) atoms. The molecule has 1 aromatic carbocycles. The minimum Gasteiger partial charge on any atom is -0.357 e. The zero-order valence-corrected chi connectivity index (χ0v) is 10.9. The van der Waals surface area contributed by atoms with Crippen LogP contribution in [0.3, 0.4) is 0 Å². The number of thiazole rings is 1. The van der Waals surface area contributed by atoms with Gasteiger partial charge in [0.1, 0.15) is 0 Å². The summed E-state index contributed by atoms with van der Waals surface area (Å²) in [4.78, 5) is 8.70. The van der Waals surface area contributed by atoms with Crippen LogP contribution in [0.5, 0.6) is 0 Å². The van der Waals surface area contributed by atoms with Gasteiger partial charge >= 0.3 is 0 Å². The Hall–Kier alpha value is -1.94. The number of hydrogen-bond acceptors (Lipinski definition) is 4. The molecule has 0 aliphatic heterocycles. The summed E-state index contributed by atoms with van der Waals surface area (Å²) in [6.45, 7) is 2.79. The van der Waals surface area contributed by atoms with Gasteiger partial charge in [-0.05, 0) is 30.7 Å². The van der Waals surface area contributed by atoms with Gasteiger partial charge in [0.25, 0.3) is 0 Å². The molecule has 0 spiro atoms. The normalized spacial score (nSPS) is 10.7. The Bertz CT molecular complexity index is 675. The average molecular weight is 255 g/mol. The summed E-state index contributed by atoms with van der Waals surface area (Å²) in [7, 11) is 0. The van der Waals surface area contributed by atoms with E-state index < -0.39 is 0 Å². The molecular weight excluding hydrogens is 242 g/mol. The molecule has 3 rings (SSSR count). The van der Waals surface area contributed by atoms with Crippen LogP contribution >= 0.6 is 11.3 Å². The van der Waals surface area contributed by atoms with Crippen LogP contribution in [0, 0.1) is 6.92 Å². The zero-order valence-electron chi connectivity index (χ0n) is 10.1. The first-order valence-corrected chi connectivity index (χ1v) is 6.69. The summed E-state index contributed by atoms with van der Waals surface area (Å²) in [5.74, 6) is 0. The summed E-state index contributed by atoms with van der Waals surface area (Å²) in [5.41, 5.74) is 3.33. The highest BCUT2D eigenvalue weighted by Crippen LogP contribution is 2.17. The van der Waals surface area contributed by atoms with Gasteiger partial charge in [0.05, 0.1) is 11.2 Å². The van der Waals surface area contributed by atoms with Gasteiger partial charge < -0.3 is 5.32 Å². The van der Waals surface area contributed by atoms with Crippen molar-refractivity contribution in [1.82, 2.24) is 9.97 Å². The SMILES string of the molecule is Cc1csc(NCc2ccc3ncccc3c2)n1. The molecule has 0 aliphatic carbocycles. The van der Waals surface area contributed by atoms with E-state index in [1.54, 1.807) is 11.3 Å². The first-order chi connectivity index (χ1) is 8.81. The Morgan fingerprint density at radius 2 is 2.22 bits per heavy atom. The van der Waals surface area contributed by atoms with Gasteiger partial charge in [-0.1, -0.05) is 12.1 Å². The molecule has 0 atom stereocenters. The molecule has 0 unspecified atom stereocenters. The number of benzene rings is 1. The Balaban J connectivity index is 1.78. The number of nitrogens with zero attached hydrogens (tertiary/aromatic N) is 2. The molecule has 0 saturated carbocycles. The van der Waals surface area contributed by atoms with Crippen LogP contribution in [-0.4, -0.2) is 9.97 Å². The lowest BCUT2D eigenvalue weighted by molar-refractivity contribution is 1.12. The van der Waals surface area contributed by atoms with Crippen molar-refractivity contribution in [2.45, 2.75) is 13.5 Å². The monoisotopic (exact) mass is 255 g/mol. The van der Waals surface area contributed by atoms with Gasteiger partial charge in [-0.25, -0.2) is 4.98 Å². The highest BCUT2D eigenvalue weighted by Gasteiger charge is 2.00. The molecule has 3 nitrogen and oxygen atoms in total. The highest BCUT2D eigenvalue weighted by atomic mass is 32.1. The molecule has 1 N–H and O–H groups in total. The van der Waals surface area contributed by atoms with Crippen molar-refractivity contribution in [3.8, 4) is 0 Å². The topological polar surface area (TPSA) is 37.8 Å². The van der Waals surface area contributed by atoms with Gasteiger partial charge in [-0.2, -0.15) is 0 Å². The van der Waals surface area contributed by atoms with Crippen molar-refractivity contribution >= 4 is 27.4 Å². The largest absolute Gasteiger partial charge is 0.357 e. The molecule has 2 aromatic heterocycles. The molecule has 0 aliphatic rings. The van der Waals surface area contributed by atoms with E-state index in [-0.39, 0.29) is 0 Å². The second-order valence-corrected chi connectivity index (χ2v) is 5.04. The van der Waals surface area contributed by atoms with Gasteiger partial charge in [0.15, 0.2) is 5.13 Å². The van der Waals surface area contributed by atoms with E-state index in [0.717, 1.165) is 22.9 Å². The minimum absolute atomic E-state index is 0.789. The third kappa shape index (κ3) is 2.33. The number of pyridine rings is 1. The fourth-order valence-corrected chi connectivity index (χ4v) is 2.53. The van der Waals surface area contributed by atoms with Crippen molar-refractivity contribution in [1.29, 1.82) is 0 Å². The summed E-state index contributed by atoms with van der Waals surface area (Å²) in [6, 6.07) is 10.4. The quantitative estimate of drug-likeness (QED) is 0.777. The van der Waals surface area contributed by atoms with Gasteiger partial charge in [0, 0.05) is 23.5 Å². The third-order valence-corrected chi connectivity index (χ3v) is 3.65. The Morgan fingerprint density at radius 1 is 1.28 bits per heavy atom. The molecule has 4 heteroatoms. The predicted octanol–water partition coefficient (Wildman–Crippen LogP) is 3.61. The maximum Gasteiger partial charge on any atom is 0.183 e. The van der Waals surface area contributed by atoms with Gasteiger partial charge in [-0.15, -0.1) is 11.3 Å². The molecule has 0 saturated heterocycles. The fraction of sp³-hybridized carbons (Fsp3) is 0.143. The van der Waals surface area contributed by atoms with E-state index >= 15 is 0 Å². The fourth-order valence-electron chi connectivity index (χ4n) is 1.85. The number of hydrogen-bond donors (Lipinski definition) is 1. The first kappa shape index (κ1) is 11.2. The van der Waals surface area contributed by atoms with Gasteiger partial charge in [0.2, 0.25) is 0 Å². The maximum atomic E-state index is 4.38. The minimum atomic E-state index is 0.789. The van der Waals surface area contributed by atoms with Gasteiger partial charge in [-0.3, -0.25) is 4.98 Å². The standard InChI is InChI=1S/C14H13N3S/c1-10-9-18-14(17-10)16-8-11-4-5-13-12(7-11)3-2-6-15-13/h2-7,9H,8H2,1H3,(H,16,17).